The number of hydrogen-bond donors (Lipinski definition) is 2. The fourth-order valence-electron chi connectivity index (χ4n) is 1.96. The average molecular weight is 250 g/mol. The predicted octanol–water partition coefficient (Wildman–Crippen LogP) is -0.669. The Hall–Kier alpha value is -0.660. The summed E-state index contributed by atoms with van der Waals surface area (Å²) < 4.78 is 25.3. The van der Waals surface area contributed by atoms with E-state index in [2.05, 4.69) is 9.62 Å². The molecule has 0 aromatic heterocycles. The summed E-state index contributed by atoms with van der Waals surface area (Å²) in [6.45, 7) is 3.61. The van der Waals surface area contributed by atoms with Crippen molar-refractivity contribution in [3.8, 4) is 0 Å². The van der Waals surface area contributed by atoms with Gasteiger partial charge < -0.3 is 10.0 Å². The molecular formula is C9H18N2O4S. The van der Waals surface area contributed by atoms with E-state index in [9.17, 15) is 13.2 Å². The number of carboxylic acid groups (broad SMARTS) is 1. The fraction of sp³-hybridized carbons (Fsp3) is 0.889. The van der Waals surface area contributed by atoms with Crippen molar-refractivity contribution in [2.24, 2.45) is 5.92 Å². The number of rotatable bonds is 4. The van der Waals surface area contributed by atoms with Gasteiger partial charge in [-0.2, -0.15) is 0 Å². The molecule has 0 spiro atoms. The first-order valence-electron chi connectivity index (χ1n) is 5.20. The van der Waals surface area contributed by atoms with Crippen LogP contribution in [0.2, 0.25) is 0 Å². The first-order valence-corrected chi connectivity index (χ1v) is 6.86. The van der Waals surface area contributed by atoms with E-state index in [4.69, 9.17) is 5.11 Å². The zero-order valence-electron chi connectivity index (χ0n) is 9.51. The zero-order chi connectivity index (χ0) is 12.3. The number of hydrogen-bond acceptors (Lipinski definition) is 4. The van der Waals surface area contributed by atoms with Crippen molar-refractivity contribution in [2.75, 3.05) is 25.9 Å². The van der Waals surface area contributed by atoms with Crippen LogP contribution in [0.15, 0.2) is 0 Å². The van der Waals surface area contributed by atoms with Crippen molar-refractivity contribution in [3.63, 3.8) is 0 Å². The Labute approximate surface area is 95.7 Å². The van der Waals surface area contributed by atoms with Crippen molar-refractivity contribution in [1.29, 1.82) is 0 Å². The summed E-state index contributed by atoms with van der Waals surface area (Å²) in [6.07, 6.45) is 0.719. The molecule has 0 aromatic carbocycles. The first kappa shape index (κ1) is 13.4. The van der Waals surface area contributed by atoms with Gasteiger partial charge in [0, 0.05) is 12.6 Å². The molecule has 0 saturated carbocycles. The van der Waals surface area contributed by atoms with Gasteiger partial charge >= 0.3 is 5.97 Å². The highest BCUT2D eigenvalue weighted by atomic mass is 32.2. The second-order valence-electron chi connectivity index (χ2n) is 4.41. The molecule has 94 valence electrons. The summed E-state index contributed by atoms with van der Waals surface area (Å²) in [7, 11) is -1.71. The summed E-state index contributed by atoms with van der Waals surface area (Å²) in [5.74, 6) is -1.98. The van der Waals surface area contributed by atoms with Gasteiger partial charge in [0.25, 0.3) is 0 Å². The van der Waals surface area contributed by atoms with Crippen LogP contribution in [0.25, 0.3) is 0 Å². The molecule has 0 amide bonds. The Balaban J connectivity index is 2.57. The van der Waals surface area contributed by atoms with Gasteiger partial charge in [-0.05, 0) is 25.9 Å². The number of carboxylic acids is 1. The molecular weight excluding hydrogens is 232 g/mol. The number of likely N-dealkylation sites (tertiary alicyclic amines) is 1. The predicted molar refractivity (Wildman–Crippen MR) is 59.6 cm³/mol. The van der Waals surface area contributed by atoms with Gasteiger partial charge in [0.05, 0.1) is 0 Å². The van der Waals surface area contributed by atoms with Crippen LogP contribution >= 0.6 is 0 Å². The summed E-state index contributed by atoms with van der Waals surface area (Å²) in [6, 6.07) is -0.152. The maximum atomic E-state index is 11.4. The summed E-state index contributed by atoms with van der Waals surface area (Å²) >= 11 is 0. The molecule has 0 aromatic rings. The average Bonchev–Trinajstić information content (AvgIpc) is 2.07. The minimum Gasteiger partial charge on any atom is -0.480 e. The normalized spacial score (nSPS) is 27.9. The number of sulfonamides is 1. The quantitative estimate of drug-likeness (QED) is 0.691. The topological polar surface area (TPSA) is 86.7 Å². The van der Waals surface area contributed by atoms with Crippen molar-refractivity contribution in [2.45, 2.75) is 19.4 Å². The highest BCUT2D eigenvalue weighted by molar-refractivity contribution is 7.90. The SMILES string of the molecule is CC1CN(C)CCC1NS(=O)(=O)CC(=O)O. The number of nitrogens with zero attached hydrogens (tertiary/aromatic N) is 1. The third-order valence-corrected chi connectivity index (χ3v) is 4.04. The smallest absolute Gasteiger partial charge is 0.320 e. The molecule has 0 bridgehead atoms. The molecule has 1 aliphatic heterocycles. The summed E-state index contributed by atoms with van der Waals surface area (Å²) in [5.41, 5.74) is 0. The Bertz CT molecular complexity index is 355. The van der Waals surface area contributed by atoms with E-state index in [1.54, 1.807) is 0 Å². The minimum atomic E-state index is -3.70. The summed E-state index contributed by atoms with van der Waals surface area (Å²) in [5, 5.41) is 8.46. The van der Waals surface area contributed by atoms with Crippen molar-refractivity contribution in [1.82, 2.24) is 9.62 Å². The Morgan fingerprint density at radius 1 is 1.56 bits per heavy atom. The molecule has 1 aliphatic rings. The zero-order valence-corrected chi connectivity index (χ0v) is 10.3. The van der Waals surface area contributed by atoms with Crippen molar-refractivity contribution in [3.05, 3.63) is 0 Å². The van der Waals surface area contributed by atoms with E-state index in [0.717, 1.165) is 19.5 Å². The van der Waals surface area contributed by atoms with Crippen LogP contribution in [0.3, 0.4) is 0 Å². The molecule has 0 radical (unpaired) electrons. The number of piperidine rings is 1. The van der Waals surface area contributed by atoms with Gasteiger partial charge in [0.1, 0.15) is 0 Å². The van der Waals surface area contributed by atoms with E-state index in [0.29, 0.717) is 0 Å². The maximum Gasteiger partial charge on any atom is 0.320 e. The molecule has 6 nitrogen and oxygen atoms in total. The van der Waals surface area contributed by atoms with Crippen molar-refractivity contribution < 1.29 is 18.3 Å². The van der Waals surface area contributed by atoms with Crippen LogP contribution in [-0.4, -0.2) is 56.3 Å². The lowest BCUT2D eigenvalue weighted by Crippen LogP contribution is -2.49. The number of nitrogens with one attached hydrogen (secondary N) is 1. The van der Waals surface area contributed by atoms with Crippen LogP contribution in [0.1, 0.15) is 13.3 Å². The lowest BCUT2D eigenvalue weighted by molar-refractivity contribution is -0.134. The minimum absolute atomic E-state index is 0.152. The fourth-order valence-corrected chi connectivity index (χ4v) is 3.18. The van der Waals surface area contributed by atoms with Gasteiger partial charge in [-0.1, -0.05) is 6.92 Å². The van der Waals surface area contributed by atoms with E-state index in [1.807, 2.05) is 14.0 Å². The molecule has 2 N–H and O–H groups in total. The van der Waals surface area contributed by atoms with Crippen LogP contribution in [0.4, 0.5) is 0 Å². The molecule has 1 saturated heterocycles. The molecule has 1 heterocycles. The van der Waals surface area contributed by atoms with E-state index >= 15 is 0 Å². The van der Waals surface area contributed by atoms with Gasteiger partial charge in [-0.25, -0.2) is 13.1 Å². The summed E-state index contributed by atoms with van der Waals surface area (Å²) in [4.78, 5) is 12.5. The van der Waals surface area contributed by atoms with Crippen LogP contribution in [0.5, 0.6) is 0 Å². The van der Waals surface area contributed by atoms with Crippen LogP contribution in [0, 0.1) is 5.92 Å². The molecule has 2 atom stereocenters. The molecule has 1 rings (SSSR count). The second-order valence-corrected chi connectivity index (χ2v) is 6.16. The highest BCUT2D eigenvalue weighted by Gasteiger charge is 2.28. The van der Waals surface area contributed by atoms with Gasteiger partial charge in [-0.3, -0.25) is 4.79 Å². The second kappa shape index (κ2) is 5.11. The van der Waals surface area contributed by atoms with E-state index in [1.165, 1.54) is 0 Å². The first-order chi connectivity index (χ1) is 7.30. The Morgan fingerprint density at radius 2 is 2.19 bits per heavy atom. The highest BCUT2D eigenvalue weighted by Crippen LogP contribution is 2.16. The van der Waals surface area contributed by atoms with Crippen LogP contribution in [-0.2, 0) is 14.8 Å². The Morgan fingerprint density at radius 3 is 2.69 bits per heavy atom. The van der Waals surface area contributed by atoms with Gasteiger partial charge in [0.15, 0.2) is 5.75 Å². The van der Waals surface area contributed by atoms with Gasteiger partial charge in [-0.15, -0.1) is 0 Å². The van der Waals surface area contributed by atoms with Crippen LogP contribution < -0.4 is 4.72 Å². The Kier molecular flexibility index (Phi) is 4.28. The number of aliphatic carboxylic acids is 1. The molecule has 1 fully saturated rings. The monoisotopic (exact) mass is 250 g/mol. The number of carbonyl (C=O) groups is 1. The third kappa shape index (κ3) is 4.07. The van der Waals surface area contributed by atoms with E-state index < -0.39 is 21.7 Å². The third-order valence-electron chi connectivity index (χ3n) is 2.75. The standard InChI is InChI=1S/C9H18N2O4S/c1-7-5-11(2)4-3-8(7)10-16(14,15)6-9(12)13/h7-8,10H,3-6H2,1-2H3,(H,12,13). The van der Waals surface area contributed by atoms with Gasteiger partial charge in [0.2, 0.25) is 10.0 Å². The largest absolute Gasteiger partial charge is 0.480 e. The van der Waals surface area contributed by atoms with E-state index in [-0.39, 0.29) is 12.0 Å². The molecule has 2 unspecified atom stereocenters. The lowest BCUT2D eigenvalue weighted by Gasteiger charge is -2.34. The lowest BCUT2D eigenvalue weighted by atomic mass is 9.95. The molecule has 0 aliphatic carbocycles. The van der Waals surface area contributed by atoms with Crippen molar-refractivity contribution >= 4 is 16.0 Å². The molecule has 7 heteroatoms. The molecule has 16 heavy (non-hydrogen) atoms. The maximum absolute atomic E-state index is 11.4.